The Morgan fingerprint density at radius 1 is 1.33 bits per heavy atom. The number of hydrogen-bond donors (Lipinski definition) is 1. The van der Waals surface area contributed by atoms with Gasteiger partial charge in [0.1, 0.15) is 5.82 Å². The molecule has 2 aromatic rings. The van der Waals surface area contributed by atoms with Gasteiger partial charge in [-0.25, -0.2) is 4.98 Å². The van der Waals surface area contributed by atoms with Gasteiger partial charge >= 0.3 is 0 Å². The Morgan fingerprint density at radius 3 is 2.67 bits per heavy atom. The van der Waals surface area contributed by atoms with E-state index in [-0.39, 0.29) is 5.92 Å². The molecule has 0 fully saturated rings. The molecule has 5 nitrogen and oxygen atoms in total. The summed E-state index contributed by atoms with van der Waals surface area (Å²) in [5.41, 5.74) is 6.26. The third-order valence-corrected chi connectivity index (χ3v) is 1.99. The van der Waals surface area contributed by atoms with E-state index in [9.17, 15) is 0 Å². The van der Waals surface area contributed by atoms with Crippen LogP contribution in [0.25, 0.3) is 11.5 Å². The van der Waals surface area contributed by atoms with Crippen LogP contribution in [0, 0.1) is 0 Å². The second-order valence-corrected chi connectivity index (χ2v) is 3.58. The van der Waals surface area contributed by atoms with Crippen molar-refractivity contribution >= 4 is 5.82 Å². The normalized spacial score (nSPS) is 10.9. The molecule has 0 aromatic carbocycles. The molecular weight excluding hydrogens is 192 g/mol. The van der Waals surface area contributed by atoms with E-state index in [0.717, 1.165) is 5.56 Å². The van der Waals surface area contributed by atoms with E-state index in [1.54, 1.807) is 18.3 Å². The van der Waals surface area contributed by atoms with Crippen LogP contribution in [0.2, 0.25) is 0 Å². The standard InChI is InChI=1S/C10H12N4O/c1-6(2)9-13-10(15-14-9)7-3-4-8(11)12-5-7/h3-6H,1-2H3,(H2,11,12). The van der Waals surface area contributed by atoms with Gasteiger partial charge in [-0.15, -0.1) is 0 Å². The summed E-state index contributed by atoms with van der Waals surface area (Å²) in [6, 6.07) is 3.51. The molecule has 2 N–H and O–H groups in total. The van der Waals surface area contributed by atoms with Gasteiger partial charge < -0.3 is 10.3 Å². The third kappa shape index (κ3) is 1.96. The molecular formula is C10H12N4O. The molecule has 5 heteroatoms. The minimum Gasteiger partial charge on any atom is -0.384 e. The monoisotopic (exact) mass is 204 g/mol. The highest BCUT2D eigenvalue weighted by Gasteiger charge is 2.11. The van der Waals surface area contributed by atoms with E-state index >= 15 is 0 Å². The summed E-state index contributed by atoms with van der Waals surface area (Å²) in [7, 11) is 0. The molecule has 0 saturated heterocycles. The summed E-state index contributed by atoms with van der Waals surface area (Å²) >= 11 is 0. The average molecular weight is 204 g/mol. The van der Waals surface area contributed by atoms with Crippen LogP contribution in [0.1, 0.15) is 25.6 Å². The van der Waals surface area contributed by atoms with Crippen LogP contribution in [0.5, 0.6) is 0 Å². The van der Waals surface area contributed by atoms with Crippen LogP contribution < -0.4 is 5.73 Å². The van der Waals surface area contributed by atoms with Gasteiger partial charge in [0.2, 0.25) is 0 Å². The first-order valence-electron chi connectivity index (χ1n) is 4.72. The van der Waals surface area contributed by atoms with Crippen molar-refractivity contribution in [3.05, 3.63) is 24.2 Å². The molecule has 78 valence electrons. The second kappa shape index (κ2) is 3.68. The van der Waals surface area contributed by atoms with Crippen molar-refractivity contribution in [2.24, 2.45) is 0 Å². The fourth-order valence-electron chi connectivity index (χ4n) is 1.12. The zero-order valence-corrected chi connectivity index (χ0v) is 8.64. The zero-order valence-electron chi connectivity index (χ0n) is 8.64. The highest BCUT2D eigenvalue weighted by atomic mass is 16.5. The number of nitrogen functional groups attached to an aromatic ring is 1. The molecule has 0 amide bonds. The Balaban J connectivity index is 2.33. The van der Waals surface area contributed by atoms with Crippen molar-refractivity contribution in [1.82, 2.24) is 15.1 Å². The predicted molar refractivity (Wildman–Crippen MR) is 56.0 cm³/mol. The summed E-state index contributed by atoms with van der Waals surface area (Å²) in [5.74, 6) is 1.90. The molecule has 2 rings (SSSR count). The number of anilines is 1. The number of hydrogen-bond acceptors (Lipinski definition) is 5. The molecule has 2 heterocycles. The van der Waals surface area contributed by atoms with Crippen LogP contribution in [-0.4, -0.2) is 15.1 Å². The second-order valence-electron chi connectivity index (χ2n) is 3.58. The van der Waals surface area contributed by atoms with Gasteiger partial charge in [0.25, 0.3) is 5.89 Å². The first-order chi connectivity index (χ1) is 7.16. The molecule has 0 radical (unpaired) electrons. The van der Waals surface area contributed by atoms with Gasteiger partial charge in [0, 0.05) is 12.1 Å². The molecule has 0 saturated carbocycles. The van der Waals surface area contributed by atoms with Gasteiger partial charge in [-0.2, -0.15) is 4.98 Å². The number of pyridine rings is 1. The quantitative estimate of drug-likeness (QED) is 0.807. The van der Waals surface area contributed by atoms with Gasteiger partial charge in [0.15, 0.2) is 5.82 Å². The lowest BCUT2D eigenvalue weighted by Crippen LogP contribution is -1.90. The minimum absolute atomic E-state index is 0.254. The maximum absolute atomic E-state index is 5.48. The molecule has 0 atom stereocenters. The first-order valence-corrected chi connectivity index (χ1v) is 4.72. The predicted octanol–water partition coefficient (Wildman–Crippen LogP) is 1.84. The molecule has 0 bridgehead atoms. The van der Waals surface area contributed by atoms with Crippen LogP contribution >= 0.6 is 0 Å². The van der Waals surface area contributed by atoms with Crippen molar-refractivity contribution in [3.8, 4) is 11.5 Å². The van der Waals surface area contributed by atoms with Crippen molar-refractivity contribution < 1.29 is 4.52 Å². The zero-order chi connectivity index (χ0) is 10.8. The van der Waals surface area contributed by atoms with Gasteiger partial charge in [-0.05, 0) is 12.1 Å². The minimum atomic E-state index is 0.254. The Morgan fingerprint density at radius 2 is 2.13 bits per heavy atom. The highest BCUT2D eigenvalue weighted by Crippen LogP contribution is 2.19. The van der Waals surface area contributed by atoms with Crippen LogP contribution in [0.3, 0.4) is 0 Å². The Kier molecular flexibility index (Phi) is 2.37. The Bertz CT molecular complexity index is 447. The lowest BCUT2D eigenvalue weighted by Gasteiger charge is -1.94. The molecule has 15 heavy (non-hydrogen) atoms. The number of aromatic nitrogens is 3. The Labute approximate surface area is 87.3 Å². The van der Waals surface area contributed by atoms with Gasteiger partial charge in [-0.3, -0.25) is 0 Å². The van der Waals surface area contributed by atoms with E-state index in [0.29, 0.717) is 17.5 Å². The topological polar surface area (TPSA) is 77.8 Å². The van der Waals surface area contributed by atoms with Gasteiger partial charge in [-0.1, -0.05) is 19.0 Å². The first kappa shape index (κ1) is 9.64. The molecule has 0 spiro atoms. The number of nitrogens with two attached hydrogens (primary N) is 1. The number of rotatable bonds is 2. The lowest BCUT2D eigenvalue weighted by atomic mass is 10.2. The maximum atomic E-state index is 5.48. The molecule has 2 aromatic heterocycles. The number of nitrogens with zero attached hydrogens (tertiary/aromatic N) is 3. The summed E-state index contributed by atoms with van der Waals surface area (Å²) in [6.07, 6.45) is 1.62. The molecule has 0 aliphatic rings. The molecule has 0 unspecified atom stereocenters. The highest BCUT2D eigenvalue weighted by molar-refractivity contribution is 5.53. The van der Waals surface area contributed by atoms with Crippen LogP contribution in [0.15, 0.2) is 22.9 Å². The SMILES string of the molecule is CC(C)c1noc(-c2ccc(N)nc2)n1. The maximum Gasteiger partial charge on any atom is 0.259 e. The fourth-order valence-corrected chi connectivity index (χ4v) is 1.12. The van der Waals surface area contributed by atoms with E-state index in [1.165, 1.54) is 0 Å². The fraction of sp³-hybridized carbons (Fsp3) is 0.300. The largest absolute Gasteiger partial charge is 0.384 e. The van der Waals surface area contributed by atoms with Crippen molar-refractivity contribution in [2.75, 3.05) is 5.73 Å². The third-order valence-electron chi connectivity index (χ3n) is 1.99. The smallest absolute Gasteiger partial charge is 0.259 e. The molecule has 0 aliphatic carbocycles. The summed E-state index contributed by atoms with van der Waals surface area (Å²) in [5, 5.41) is 3.87. The summed E-state index contributed by atoms with van der Waals surface area (Å²) in [6.45, 7) is 4.02. The lowest BCUT2D eigenvalue weighted by molar-refractivity contribution is 0.419. The average Bonchev–Trinajstić information content (AvgIpc) is 2.68. The van der Waals surface area contributed by atoms with E-state index in [2.05, 4.69) is 15.1 Å². The summed E-state index contributed by atoms with van der Waals surface area (Å²) < 4.78 is 5.11. The van der Waals surface area contributed by atoms with Crippen LogP contribution in [0.4, 0.5) is 5.82 Å². The van der Waals surface area contributed by atoms with E-state index in [4.69, 9.17) is 10.3 Å². The van der Waals surface area contributed by atoms with E-state index in [1.807, 2.05) is 13.8 Å². The van der Waals surface area contributed by atoms with Crippen molar-refractivity contribution in [2.45, 2.75) is 19.8 Å². The van der Waals surface area contributed by atoms with E-state index < -0.39 is 0 Å². The molecule has 0 aliphatic heterocycles. The summed E-state index contributed by atoms with van der Waals surface area (Å²) in [4.78, 5) is 8.21. The van der Waals surface area contributed by atoms with Crippen molar-refractivity contribution in [1.29, 1.82) is 0 Å². The Hall–Kier alpha value is -1.91. The van der Waals surface area contributed by atoms with Crippen LogP contribution in [-0.2, 0) is 0 Å². The van der Waals surface area contributed by atoms with Crippen molar-refractivity contribution in [3.63, 3.8) is 0 Å². The van der Waals surface area contributed by atoms with Gasteiger partial charge in [0.05, 0.1) is 5.56 Å².